The van der Waals surface area contributed by atoms with Crippen LogP contribution in [-0.2, 0) is 0 Å². The van der Waals surface area contributed by atoms with E-state index in [4.69, 9.17) is 10.5 Å². The first-order valence-electron chi connectivity index (χ1n) is 6.21. The largest absolute Gasteiger partial charge is 0.493 e. The molecule has 0 bridgehead atoms. The number of nitrogens with two attached hydrogens (primary N) is 1. The van der Waals surface area contributed by atoms with E-state index in [1.54, 1.807) is 0 Å². The van der Waals surface area contributed by atoms with Gasteiger partial charge in [-0.25, -0.2) is 0 Å². The molecule has 0 amide bonds. The van der Waals surface area contributed by atoms with Gasteiger partial charge in [-0.3, -0.25) is 0 Å². The van der Waals surface area contributed by atoms with E-state index in [1.165, 1.54) is 24.8 Å². The van der Waals surface area contributed by atoms with Crippen LogP contribution < -0.4 is 10.5 Å². The van der Waals surface area contributed by atoms with Crippen LogP contribution in [0.4, 0.5) is 0 Å². The van der Waals surface area contributed by atoms with Gasteiger partial charge in [0, 0.05) is 6.04 Å². The number of benzene rings is 1. The molecule has 0 spiro atoms. The van der Waals surface area contributed by atoms with Gasteiger partial charge in [-0.1, -0.05) is 24.6 Å². The zero-order valence-corrected chi connectivity index (χ0v) is 9.99. The highest BCUT2D eigenvalue weighted by Crippen LogP contribution is 2.27. The van der Waals surface area contributed by atoms with E-state index < -0.39 is 0 Å². The lowest BCUT2D eigenvalue weighted by molar-refractivity contribution is 0.269. The van der Waals surface area contributed by atoms with Gasteiger partial charge in [0.25, 0.3) is 0 Å². The van der Waals surface area contributed by atoms with Crippen LogP contribution in [0.3, 0.4) is 0 Å². The van der Waals surface area contributed by atoms with Gasteiger partial charge in [-0.05, 0) is 43.7 Å². The van der Waals surface area contributed by atoms with Crippen molar-refractivity contribution in [3.63, 3.8) is 0 Å². The first kappa shape index (κ1) is 11.5. The average Bonchev–Trinajstić information content (AvgIpc) is 2.67. The number of aryl methyl sites for hydroxylation is 1. The molecule has 2 rings (SSSR count). The normalized spacial score (nSPS) is 24.6. The molecule has 1 aromatic rings. The summed E-state index contributed by atoms with van der Waals surface area (Å²) in [4.78, 5) is 0. The van der Waals surface area contributed by atoms with Crippen molar-refractivity contribution in [1.29, 1.82) is 0 Å². The minimum Gasteiger partial charge on any atom is -0.493 e. The molecule has 2 heteroatoms. The minimum absolute atomic E-state index is 0.403. The maximum absolute atomic E-state index is 6.03. The Morgan fingerprint density at radius 2 is 2.12 bits per heavy atom. The van der Waals surface area contributed by atoms with E-state index in [9.17, 15) is 0 Å². The summed E-state index contributed by atoms with van der Waals surface area (Å²) < 4.78 is 5.79. The Kier molecular flexibility index (Phi) is 3.83. The molecular weight excluding hydrogens is 198 g/mol. The summed E-state index contributed by atoms with van der Waals surface area (Å²) in [5, 5.41) is 0. The topological polar surface area (TPSA) is 35.2 Å². The van der Waals surface area contributed by atoms with Crippen molar-refractivity contribution in [3.05, 3.63) is 29.8 Å². The molecule has 16 heavy (non-hydrogen) atoms. The fraction of sp³-hybridized carbons (Fsp3) is 0.571. The number of para-hydroxylation sites is 1. The lowest BCUT2D eigenvalue weighted by Crippen LogP contribution is -2.25. The summed E-state index contributed by atoms with van der Waals surface area (Å²) in [5.41, 5.74) is 7.24. The molecule has 2 nitrogen and oxygen atoms in total. The SMILES string of the molecule is Cc1ccccc1OCCC1CCCC1N. The van der Waals surface area contributed by atoms with Crippen LogP contribution >= 0.6 is 0 Å². The molecule has 1 fully saturated rings. The van der Waals surface area contributed by atoms with Crippen molar-refractivity contribution in [2.24, 2.45) is 11.7 Å². The van der Waals surface area contributed by atoms with Crippen LogP contribution in [0.1, 0.15) is 31.2 Å². The first-order chi connectivity index (χ1) is 7.77. The average molecular weight is 219 g/mol. The van der Waals surface area contributed by atoms with Crippen molar-refractivity contribution in [2.45, 2.75) is 38.6 Å². The number of hydrogen-bond acceptors (Lipinski definition) is 2. The summed E-state index contributed by atoms with van der Waals surface area (Å²) in [6.07, 6.45) is 4.85. The van der Waals surface area contributed by atoms with Gasteiger partial charge in [0.15, 0.2) is 0 Å². The van der Waals surface area contributed by atoms with Crippen molar-refractivity contribution in [2.75, 3.05) is 6.61 Å². The Bertz CT molecular complexity index is 337. The highest BCUT2D eigenvalue weighted by molar-refractivity contribution is 5.31. The summed E-state index contributed by atoms with van der Waals surface area (Å²) in [6, 6.07) is 8.57. The predicted octanol–water partition coefficient (Wildman–Crippen LogP) is 2.89. The van der Waals surface area contributed by atoms with Crippen molar-refractivity contribution in [3.8, 4) is 5.75 Å². The van der Waals surface area contributed by atoms with Crippen LogP contribution in [0, 0.1) is 12.8 Å². The third-order valence-corrected chi connectivity index (χ3v) is 3.56. The lowest BCUT2D eigenvalue weighted by Gasteiger charge is -2.16. The second-order valence-corrected chi connectivity index (χ2v) is 4.76. The predicted molar refractivity (Wildman–Crippen MR) is 66.6 cm³/mol. The lowest BCUT2D eigenvalue weighted by atomic mass is 10.0. The second-order valence-electron chi connectivity index (χ2n) is 4.76. The monoisotopic (exact) mass is 219 g/mol. The van der Waals surface area contributed by atoms with Gasteiger partial charge in [0.1, 0.15) is 5.75 Å². The van der Waals surface area contributed by atoms with Crippen molar-refractivity contribution >= 4 is 0 Å². The second kappa shape index (κ2) is 5.35. The van der Waals surface area contributed by atoms with Crippen LogP contribution in [0.15, 0.2) is 24.3 Å². The van der Waals surface area contributed by atoms with Gasteiger partial charge in [0.2, 0.25) is 0 Å². The molecule has 2 atom stereocenters. The summed E-state index contributed by atoms with van der Waals surface area (Å²) >= 11 is 0. The third-order valence-electron chi connectivity index (χ3n) is 3.56. The van der Waals surface area contributed by atoms with E-state index in [0.717, 1.165) is 18.8 Å². The van der Waals surface area contributed by atoms with Crippen molar-refractivity contribution in [1.82, 2.24) is 0 Å². The fourth-order valence-electron chi connectivity index (χ4n) is 2.46. The van der Waals surface area contributed by atoms with Crippen LogP contribution in [0.25, 0.3) is 0 Å². The van der Waals surface area contributed by atoms with E-state index in [2.05, 4.69) is 13.0 Å². The smallest absolute Gasteiger partial charge is 0.122 e. The zero-order valence-electron chi connectivity index (χ0n) is 9.99. The Balaban J connectivity index is 1.78. The molecule has 0 aliphatic heterocycles. The highest BCUT2D eigenvalue weighted by atomic mass is 16.5. The number of ether oxygens (including phenoxy) is 1. The van der Waals surface area contributed by atoms with Crippen LogP contribution in [0.2, 0.25) is 0 Å². The molecule has 0 heterocycles. The highest BCUT2D eigenvalue weighted by Gasteiger charge is 2.23. The molecule has 0 aromatic heterocycles. The first-order valence-corrected chi connectivity index (χ1v) is 6.21. The molecule has 2 unspecified atom stereocenters. The molecule has 2 N–H and O–H groups in total. The molecule has 0 radical (unpaired) electrons. The van der Waals surface area contributed by atoms with Gasteiger partial charge in [-0.2, -0.15) is 0 Å². The van der Waals surface area contributed by atoms with E-state index in [-0.39, 0.29) is 0 Å². The van der Waals surface area contributed by atoms with Crippen LogP contribution in [0.5, 0.6) is 5.75 Å². The molecular formula is C14H21NO. The van der Waals surface area contributed by atoms with E-state index in [0.29, 0.717) is 12.0 Å². The van der Waals surface area contributed by atoms with Crippen LogP contribution in [-0.4, -0.2) is 12.6 Å². The molecule has 88 valence electrons. The minimum atomic E-state index is 0.403. The third kappa shape index (κ3) is 2.76. The Morgan fingerprint density at radius 3 is 2.81 bits per heavy atom. The summed E-state index contributed by atoms with van der Waals surface area (Å²) in [5.74, 6) is 1.68. The Morgan fingerprint density at radius 1 is 1.31 bits per heavy atom. The maximum Gasteiger partial charge on any atom is 0.122 e. The standard InChI is InChI=1S/C14H21NO/c1-11-5-2-3-8-14(11)16-10-9-12-6-4-7-13(12)15/h2-3,5,8,12-13H,4,6-7,9-10,15H2,1H3. The number of hydrogen-bond donors (Lipinski definition) is 1. The molecule has 1 aliphatic rings. The van der Waals surface area contributed by atoms with Crippen molar-refractivity contribution < 1.29 is 4.74 Å². The summed E-state index contributed by atoms with van der Waals surface area (Å²) in [6.45, 7) is 2.87. The van der Waals surface area contributed by atoms with Gasteiger partial charge < -0.3 is 10.5 Å². The summed E-state index contributed by atoms with van der Waals surface area (Å²) in [7, 11) is 0. The van der Waals surface area contributed by atoms with Gasteiger partial charge >= 0.3 is 0 Å². The van der Waals surface area contributed by atoms with Gasteiger partial charge in [-0.15, -0.1) is 0 Å². The molecule has 0 saturated heterocycles. The quantitative estimate of drug-likeness (QED) is 0.845. The molecule has 1 saturated carbocycles. The maximum atomic E-state index is 6.03. The van der Waals surface area contributed by atoms with Gasteiger partial charge in [0.05, 0.1) is 6.61 Å². The van der Waals surface area contributed by atoms with E-state index in [1.807, 2.05) is 18.2 Å². The Labute approximate surface area is 97.8 Å². The number of rotatable bonds is 4. The molecule has 1 aliphatic carbocycles. The fourth-order valence-corrected chi connectivity index (χ4v) is 2.46. The molecule has 1 aromatic carbocycles. The van der Waals surface area contributed by atoms with E-state index >= 15 is 0 Å². The Hall–Kier alpha value is -1.02. The zero-order chi connectivity index (χ0) is 11.4.